The van der Waals surface area contributed by atoms with Gasteiger partial charge in [0.1, 0.15) is 11.9 Å². The molecule has 0 bridgehead atoms. The summed E-state index contributed by atoms with van der Waals surface area (Å²) in [6.07, 6.45) is 2.00. The SMILES string of the molecule is CN1CCCC1CNS(=O)(=O)c1ccc(F)c(C#N)c1. The number of nitriles is 1. The Morgan fingerprint density at radius 3 is 2.90 bits per heavy atom. The predicted octanol–water partition coefficient (Wildman–Crippen LogP) is 1.07. The number of nitrogens with zero attached hydrogens (tertiary/aromatic N) is 2. The maximum absolute atomic E-state index is 13.2. The van der Waals surface area contributed by atoms with Crippen molar-refractivity contribution >= 4 is 10.0 Å². The van der Waals surface area contributed by atoms with Crippen LogP contribution in [-0.2, 0) is 10.0 Å². The highest BCUT2D eigenvalue weighted by atomic mass is 32.2. The van der Waals surface area contributed by atoms with Crippen LogP contribution >= 0.6 is 0 Å². The molecule has 1 saturated heterocycles. The molecule has 1 N–H and O–H groups in total. The molecule has 0 radical (unpaired) electrons. The molecule has 5 nitrogen and oxygen atoms in total. The van der Waals surface area contributed by atoms with Gasteiger partial charge in [-0.25, -0.2) is 17.5 Å². The highest BCUT2D eigenvalue weighted by Crippen LogP contribution is 2.17. The first-order valence-corrected chi connectivity index (χ1v) is 7.82. The first-order valence-electron chi connectivity index (χ1n) is 6.33. The Kier molecular flexibility index (Phi) is 4.38. The van der Waals surface area contributed by atoms with Crippen LogP contribution in [0.15, 0.2) is 23.1 Å². The molecule has 0 aromatic heterocycles. The van der Waals surface area contributed by atoms with Gasteiger partial charge in [-0.1, -0.05) is 0 Å². The van der Waals surface area contributed by atoms with Crippen molar-refractivity contribution in [1.82, 2.24) is 9.62 Å². The molecule has 2 rings (SSSR count). The topological polar surface area (TPSA) is 73.2 Å². The Morgan fingerprint density at radius 2 is 2.30 bits per heavy atom. The van der Waals surface area contributed by atoms with Crippen LogP contribution in [-0.4, -0.2) is 39.5 Å². The summed E-state index contributed by atoms with van der Waals surface area (Å²) in [4.78, 5) is 2.02. The van der Waals surface area contributed by atoms with Crippen LogP contribution in [0.4, 0.5) is 4.39 Å². The van der Waals surface area contributed by atoms with Crippen LogP contribution in [0.1, 0.15) is 18.4 Å². The largest absolute Gasteiger partial charge is 0.302 e. The van der Waals surface area contributed by atoms with E-state index in [0.29, 0.717) is 6.54 Å². The Hall–Kier alpha value is -1.49. The van der Waals surface area contributed by atoms with Crippen molar-refractivity contribution in [2.24, 2.45) is 0 Å². The second kappa shape index (κ2) is 5.87. The molecule has 1 fully saturated rings. The van der Waals surface area contributed by atoms with Gasteiger partial charge in [-0.15, -0.1) is 0 Å². The molecule has 0 spiro atoms. The Morgan fingerprint density at radius 1 is 1.55 bits per heavy atom. The van der Waals surface area contributed by atoms with Gasteiger partial charge >= 0.3 is 0 Å². The summed E-state index contributed by atoms with van der Waals surface area (Å²) in [5, 5.41) is 8.73. The average molecular weight is 297 g/mol. The van der Waals surface area contributed by atoms with Crippen molar-refractivity contribution in [2.75, 3.05) is 20.1 Å². The molecule has 0 aliphatic carbocycles. The minimum absolute atomic E-state index is 0.0869. The minimum atomic E-state index is -3.71. The van der Waals surface area contributed by atoms with Crippen molar-refractivity contribution in [1.29, 1.82) is 5.26 Å². The van der Waals surface area contributed by atoms with E-state index in [0.717, 1.165) is 37.6 Å². The van der Waals surface area contributed by atoms with Crippen LogP contribution in [0.2, 0.25) is 0 Å². The summed E-state index contributed by atoms with van der Waals surface area (Å²) in [6, 6.07) is 5.03. The zero-order chi connectivity index (χ0) is 14.8. The van der Waals surface area contributed by atoms with Gasteiger partial charge in [0.15, 0.2) is 0 Å². The van der Waals surface area contributed by atoms with E-state index >= 15 is 0 Å². The molecule has 1 heterocycles. The number of benzene rings is 1. The zero-order valence-electron chi connectivity index (χ0n) is 11.1. The van der Waals surface area contributed by atoms with Crippen LogP contribution in [0.25, 0.3) is 0 Å². The second-order valence-corrected chi connectivity index (χ2v) is 6.65. The molecule has 0 amide bonds. The first kappa shape index (κ1) is 14.9. The molecule has 20 heavy (non-hydrogen) atoms. The number of hydrogen-bond donors (Lipinski definition) is 1. The molecule has 1 unspecified atom stereocenters. The molecule has 7 heteroatoms. The predicted molar refractivity (Wildman–Crippen MR) is 72.0 cm³/mol. The molecular weight excluding hydrogens is 281 g/mol. The Balaban J connectivity index is 2.12. The van der Waals surface area contributed by atoms with Gasteiger partial charge in [0.2, 0.25) is 10.0 Å². The van der Waals surface area contributed by atoms with Gasteiger partial charge in [0.25, 0.3) is 0 Å². The normalized spacial score (nSPS) is 19.9. The third-order valence-electron chi connectivity index (χ3n) is 3.55. The second-order valence-electron chi connectivity index (χ2n) is 4.88. The summed E-state index contributed by atoms with van der Waals surface area (Å²) in [6.45, 7) is 1.28. The Labute approximate surface area is 118 Å². The third-order valence-corrected chi connectivity index (χ3v) is 4.97. The lowest BCUT2D eigenvalue weighted by Gasteiger charge is -2.19. The number of likely N-dealkylation sites (N-methyl/N-ethyl adjacent to an activating group) is 1. The first-order chi connectivity index (χ1) is 9.44. The van der Waals surface area contributed by atoms with Crippen molar-refractivity contribution in [2.45, 2.75) is 23.8 Å². The number of likely N-dealkylation sites (tertiary alicyclic amines) is 1. The van der Waals surface area contributed by atoms with Gasteiger partial charge < -0.3 is 4.90 Å². The Bertz CT molecular complexity index is 640. The fraction of sp³-hybridized carbons (Fsp3) is 0.462. The quantitative estimate of drug-likeness (QED) is 0.902. The molecular formula is C13H16FN3O2S. The maximum atomic E-state index is 13.2. The van der Waals surface area contributed by atoms with Crippen LogP contribution < -0.4 is 4.72 Å². The van der Waals surface area contributed by atoms with Gasteiger partial charge in [0.05, 0.1) is 10.5 Å². The summed E-state index contributed by atoms with van der Waals surface area (Å²) in [5.74, 6) is -0.720. The number of sulfonamides is 1. The number of rotatable bonds is 4. The van der Waals surface area contributed by atoms with E-state index in [1.165, 1.54) is 0 Å². The van der Waals surface area contributed by atoms with Crippen molar-refractivity contribution < 1.29 is 12.8 Å². The molecule has 108 valence electrons. The van der Waals surface area contributed by atoms with E-state index in [-0.39, 0.29) is 16.5 Å². The van der Waals surface area contributed by atoms with Crippen molar-refractivity contribution in [3.05, 3.63) is 29.6 Å². The van der Waals surface area contributed by atoms with Crippen molar-refractivity contribution in [3.63, 3.8) is 0 Å². The van der Waals surface area contributed by atoms with E-state index in [9.17, 15) is 12.8 Å². The molecule has 0 saturated carbocycles. The monoisotopic (exact) mass is 297 g/mol. The van der Waals surface area contributed by atoms with E-state index in [1.54, 1.807) is 6.07 Å². The van der Waals surface area contributed by atoms with Crippen LogP contribution in [0.5, 0.6) is 0 Å². The third kappa shape index (κ3) is 3.15. The van der Waals surface area contributed by atoms with Gasteiger partial charge in [0, 0.05) is 12.6 Å². The lowest BCUT2D eigenvalue weighted by atomic mass is 10.2. The lowest BCUT2D eigenvalue weighted by molar-refractivity contribution is 0.311. The molecule has 1 atom stereocenters. The highest BCUT2D eigenvalue weighted by Gasteiger charge is 2.23. The van der Waals surface area contributed by atoms with Crippen LogP contribution in [0.3, 0.4) is 0 Å². The van der Waals surface area contributed by atoms with E-state index in [4.69, 9.17) is 5.26 Å². The van der Waals surface area contributed by atoms with Crippen LogP contribution in [0, 0.1) is 17.1 Å². The molecule has 1 aromatic rings. The summed E-state index contributed by atoms with van der Waals surface area (Å²) in [5.41, 5.74) is -0.272. The molecule has 1 aliphatic rings. The number of halogens is 1. The fourth-order valence-corrected chi connectivity index (χ4v) is 3.38. The van der Waals surface area contributed by atoms with E-state index in [1.807, 2.05) is 7.05 Å². The van der Waals surface area contributed by atoms with Gasteiger partial charge in [-0.2, -0.15) is 5.26 Å². The molecule has 1 aromatic carbocycles. The standard InChI is InChI=1S/C13H16FN3O2S/c1-17-6-2-3-11(17)9-16-20(18,19)12-4-5-13(14)10(7-12)8-15/h4-5,7,11,16H,2-3,6,9H2,1H3. The highest BCUT2D eigenvalue weighted by molar-refractivity contribution is 7.89. The maximum Gasteiger partial charge on any atom is 0.240 e. The smallest absolute Gasteiger partial charge is 0.240 e. The zero-order valence-corrected chi connectivity index (χ0v) is 12.0. The van der Waals surface area contributed by atoms with E-state index in [2.05, 4.69) is 9.62 Å². The molecule has 1 aliphatic heterocycles. The average Bonchev–Trinajstić information content (AvgIpc) is 2.82. The van der Waals surface area contributed by atoms with Gasteiger partial charge in [-0.05, 0) is 44.6 Å². The number of nitrogens with one attached hydrogen (secondary N) is 1. The van der Waals surface area contributed by atoms with Crippen molar-refractivity contribution in [3.8, 4) is 6.07 Å². The number of hydrogen-bond acceptors (Lipinski definition) is 4. The summed E-state index contributed by atoms with van der Waals surface area (Å²) >= 11 is 0. The summed E-state index contributed by atoms with van der Waals surface area (Å²) in [7, 11) is -1.76. The minimum Gasteiger partial charge on any atom is -0.302 e. The fourth-order valence-electron chi connectivity index (χ4n) is 2.28. The van der Waals surface area contributed by atoms with E-state index < -0.39 is 15.8 Å². The summed E-state index contributed by atoms with van der Waals surface area (Å²) < 4.78 is 39.9. The van der Waals surface area contributed by atoms with Gasteiger partial charge in [-0.3, -0.25) is 0 Å². The lowest BCUT2D eigenvalue weighted by Crippen LogP contribution is -2.38.